The topological polar surface area (TPSA) is 76.1 Å². The van der Waals surface area contributed by atoms with Crippen LogP contribution in [0.5, 0.6) is 5.75 Å². The first-order valence-corrected chi connectivity index (χ1v) is 8.05. The van der Waals surface area contributed by atoms with E-state index < -0.39 is 40.8 Å². The molecule has 1 aromatic carbocycles. The van der Waals surface area contributed by atoms with E-state index in [0.717, 1.165) is 19.1 Å². The molecule has 27 heavy (non-hydrogen) atoms. The highest BCUT2D eigenvalue weighted by atomic mass is 79.9. The summed E-state index contributed by atoms with van der Waals surface area (Å²) in [4.78, 5) is 25.3. The number of aromatic hydroxyl groups is 1. The summed E-state index contributed by atoms with van der Waals surface area (Å²) in [6.07, 6.45) is 0.495. The molecule has 0 radical (unpaired) electrons. The van der Waals surface area contributed by atoms with E-state index in [2.05, 4.69) is 25.4 Å². The van der Waals surface area contributed by atoms with E-state index in [0.29, 0.717) is 12.1 Å². The highest BCUT2D eigenvalue weighted by molar-refractivity contribution is 9.10. The lowest BCUT2D eigenvalue weighted by Gasteiger charge is -2.25. The number of hydrogen-bond acceptors (Lipinski definition) is 6. The molecule has 0 saturated heterocycles. The van der Waals surface area contributed by atoms with Crippen molar-refractivity contribution >= 4 is 33.6 Å². The van der Waals surface area contributed by atoms with Crippen molar-refractivity contribution in [2.24, 2.45) is 0 Å². The number of methoxy groups -OCH3 is 2. The van der Waals surface area contributed by atoms with E-state index >= 15 is 0 Å². The van der Waals surface area contributed by atoms with Gasteiger partial charge in [-0.25, -0.2) is 9.59 Å². The Labute approximate surface area is 160 Å². The molecule has 0 fully saturated rings. The minimum absolute atomic E-state index is 0.248. The van der Waals surface area contributed by atoms with Crippen molar-refractivity contribution in [1.82, 2.24) is 0 Å². The van der Waals surface area contributed by atoms with E-state index in [9.17, 15) is 27.9 Å². The van der Waals surface area contributed by atoms with Gasteiger partial charge >= 0.3 is 18.1 Å². The Bertz CT molecular complexity index is 874. The van der Waals surface area contributed by atoms with Crippen LogP contribution < -0.4 is 4.90 Å². The summed E-state index contributed by atoms with van der Waals surface area (Å²) in [5.74, 6) is -2.49. The quantitative estimate of drug-likeness (QED) is 0.712. The molecule has 0 bridgehead atoms. The van der Waals surface area contributed by atoms with Crippen molar-refractivity contribution < 1.29 is 37.3 Å². The molecule has 0 amide bonds. The molecule has 2 rings (SSSR count). The number of allylic oxidation sites excluding steroid dienone is 2. The lowest BCUT2D eigenvalue weighted by Crippen LogP contribution is -2.27. The van der Waals surface area contributed by atoms with Gasteiger partial charge in [-0.05, 0) is 40.2 Å². The van der Waals surface area contributed by atoms with Crippen LogP contribution in [0, 0.1) is 0 Å². The van der Waals surface area contributed by atoms with Crippen molar-refractivity contribution in [1.29, 1.82) is 0 Å². The van der Waals surface area contributed by atoms with Crippen LogP contribution in [0.25, 0.3) is 0 Å². The van der Waals surface area contributed by atoms with Crippen molar-refractivity contribution in [3.05, 3.63) is 57.9 Å². The van der Waals surface area contributed by atoms with Crippen molar-refractivity contribution in [2.75, 3.05) is 19.1 Å². The maximum atomic E-state index is 13.2. The predicted octanol–water partition coefficient (Wildman–Crippen LogP) is 3.66. The molecule has 144 valence electrons. The Morgan fingerprint density at radius 1 is 1.11 bits per heavy atom. The Kier molecular flexibility index (Phi) is 5.99. The molecule has 1 aromatic rings. The molecule has 1 aliphatic rings. The third-order valence-electron chi connectivity index (χ3n) is 3.52. The van der Waals surface area contributed by atoms with Gasteiger partial charge in [-0.2, -0.15) is 13.2 Å². The van der Waals surface area contributed by atoms with E-state index in [-0.39, 0.29) is 10.0 Å². The number of phenolic OH excluding ortho intramolecular Hbond substituents is 1. The minimum Gasteiger partial charge on any atom is -0.505 e. The van der Waals surface area contributed by atoms with Crippen molar-refractivity contribution in [2.45, 2.75) is 6.18 Å². The normalized spacial score (nSPS) is 14.2. The number of benzene rings is 1. The minimum atomic E-state index is -4.71. The first-order chi connectivity index (χ1) is 12.6. The summed E-state index contributed by atoms with van der Waals surface area (Å²) in [5.41, 5.74) is -2.15. The number of nitrogens with zero attached hydrogens (tertiary/aromatic N) is 1. The third kappa shape index (κ3) is 4.16. The van der Waals surface area contributed by atoms with Crippen LogP contribution in [-0.4, -0.2) is 31.3 Å². The van der Waals surface area contributed by atoms with Gasteiger partial charge in [0.05, 0.1) is 35.5 Å². The average molecular weight is 448 g/mol. The van der Waals surface area contributed by atoms with Gasteiger partial charge in [0, 0.05) is 6.20 Å². The van der Waals surface area contributed by atoms with E-state index in [1.807, 2.05) is 0 Å². The predicted molar refractivity (Wildman–Crippen MR) is 92.6 cm³/mol. The van der Waals surface area contributed by atoms with E-state index in [1.54, 1.807) is 0 Å². The van der Waals surface area contributed by atoms with Crippen LogP contribution in [0.2, 0.25) is 0 Å². The zero-order valence-electron chi connectivity index (χ0n) is 14.0. The van der Waals surface area contributed by atoms with Crippen LogP contribution in [0.3, 0.4) is 0 Å². The molecule has 6 nitrogen and oxygen atoms in total. The number of halogens is 4. The second-order valence-corrected chi connectivity index (χ2v) is 5.99. The SMILES string of the molecule is COC(=O)C1=C(C(=O)OC)N(c2cc(C(F)(F)F)cc(Br)c2O)C=CC=C1. The molecule has 0 unspecified atom stereocenters. The monoisotopic (exact) mass is 447 g/mol. The van der Waals surface area contributed by atoms with Gasteiger partial charge in [-0.15, -0.1) is 0 Å². The number of phenols is 1. The number of carbonyl (C=O) groups excluding carboxylic acids is 2. The van der Waals surface area contributed by atoms with E-state index in [1.165, 1.54) is 24.4 Å². The number of carbonyl (C=O) groups is 2. The standard InChI is InChI=1S/C17H13BrF3NO5/c1-26-15(24)10-5-3-4-6-22(13(10)16(25)27-2)12-8-9(17(19,20)21)7-11(18)14(12)23/h3-8,23H,1-2H3. The fourth-order valence-corrected chi connectivity index (χ4v) is 2.73. The maximum Gasteiger partial charge on any atom is 0.416 e. The van der Waals surface area contributed by atoms with Gasteiger partial charge in [0.15, 0.2) is 5.75 Å². The molecule has 10 heteroatoms. The summed E-state index contributed by atoms with van der Waals surface area (Å²) < 4.78 is 48.6. The van der Waals surface area contributed by atoms with Crippen LogP contribution in [0.15, 0.2) is 52.3 Å². The second kappa shape index (κ2) is 7.87. The molecule has 0 spiro atoms. The van der Waals surface area contributed by atoms with E-state index in [4.69, 9.17) is 0 Å². The zero-order chi connectivity index (χ0) is 20.4. The molecule has 0 atom stereocenters. The van der Waals surface area contributed by atoms with Gasteiger partial charge in [0.2, 0.25) is 0 Å². The van der Waals surface area contributed by atoms with Crippen LogP contribution in [0.4, 0.5) is 18.9 Å². The van der Waals surface area contributed by atoms with Crippen molar-refractivity contribution in [3.8, 4) is 5.75 Å². The summed E-state index contributed by atoms with van der Waals surface area (Å²) >= 11 is 2.87. The lowest BCUT2D eigenvalue weighted by molar-refractivity contribution is -0.139. The number of rotatable bonds is 3. The number of ether oxygens (including phenoxy) is 2. The molecule has 1 heterocycles. The smallest absolute Gasteiger partial charge is 0.416 e. The summed E-state index contributed by atoms with van der Waals surface area (Å²) in [7, 11) is 2.13. The first kappa shape index (κ1) is 20.6. The lowest BCUT2D eigenvalue weighted by atomic mass is 10.1. The molecular formula is C17H13BrF3NO5. The molecule has 0 aromatic heterocycles. The molecule has 1 aliphatic heterocycles. The molecule has 1 N–H and O–H groups in total. The van der Waals surface area contributed by atoms with Gasteiger partial charge in [0.1, 0.15) is 5.70 Å². The van der Waals surface area contributed by atoms with Crippen molar-refractivity contribution in [3.63, 3.8) is 0 Å². The number of anilines is 1. The van der Waals surface area contributed by atoms with Gasteiger partial charge < -0.3 is 19.5 Å². The number of alkyl halides is 3. The Hall–Kier alpha value is -2.75. The summed E-state index contributed by atoms with van der Waals surface area (Å²) in [6, 6.07) is 1.34. The first-order valence-electron chi connectivity index (χ1n) is 7.26. The summed E-state index contributed by atoms with van der Waals surface area (Å²) in [6.45, 7) is 0. The number of esters is 2. The Morgan fingerprint density at radius 2 is 1.74 bits per heavy atom. The average Bonchev–Trinajstić information content (AvgIpc) is 2.84. The van der Waals surface area contributed by atoms with Crippen LogP contribution in [0.1, 0.15) is 5.56 Å². The summed E-state index contributed by atoms with van der Waals surface area (Å²) in [5, 5.41) is 10.3. The fraction of sp³-hybridized carbons (Fsp3) is 0.176. The van der Waals surface area contributed by atoms with Gasteiger partial charge in [0.25, 0.3) is 0 Å². The molecule has 0 saturated carbocycles. The van der Waals surface area contributed by atoms with Gasteiger partial charge in [-0.3, -0.25) is 0 Å². The molecule has 0 aliphatic carbocycles. The number of hydrogen-bond donors (Lipinski definition) is 1. The highest BCUT2D eigenvalue weighted by Crippen LogP contribution is 2.43. The second-order valence-electron chi connectivity index (χ2n) is 5.14. The Morgan fingerprint density at radius 3 is 2.30 bits per heavy atom. The van der Waals surface area contributed by atoms with Crippen LogP contribution in [-0.2, 0) is 25.2 Å². The zero-order valence-corrected chi connectivity index (χ0v) is 15.6. The largest absolute Gasteiger partial charge is 0.505 e. The van der Waals surface area contributed by atoms with Crippen LogP contribution >= 0.6 is 15.9 Å². The maximum absolute atomic E-state index is 13.2. The molecular weight excluding hydrogens is 435 g/mol. The fourth-order valence-electron chi connectivity index (χ4n) is 2.28. The highest BCUT2D eigenvalue weighted by Gasteiger charge is 2.35. The third-order valence-corrected chi connectivity index (χ3v) is 4.12. The Balaban J connectivity index is 2.80. The van der Waals surface area contributed by atoms with Gasteiger partial charge in [-0.1, -0.05) is 6.08 Å².